The van der Waals surface area contributed by atoms with Crippen LogP contribution in [-0.2, 0) is 6.42 Å². The molecular weight excluding hydrogens is 435 g/mol. The second-order valence-electron chi connectivity index (χ2n) is 7.46. The minimum Gasteiger partial charge on any atom is -0.339 e. The maximum atomic E-state index is 12.9. The first kappa shape index (κ1) is 24.8. The zero-order valence-corrected chi connectivity index (χ0v) is 19.1. The van der Waals surface area contributed by atoms with Gasteiger partial charge < -0.3 is 9.80 Å². The number of likely N-dealkylation sites (N-methyl/N-ethyl adjacent to an activating group) is 1. The summed E-state index contributed by atoms with van der Waals surface area (Å²) in [4.78, 5) is 25.6. The lowest BCUT2D eigenvalue weighted by molar-refractivity contribution is 0.0647. The Morgan fingerprint density at radius 3 is 2.45 bits per heavy atom. The SMILES string of the molecule is CN(CCc1ccccn1)C1CCN(C(=O)c2ccc(-n3cncn3)cc2)CC1.Cl.Cl. The van der Waals surface area contributed by atoms with Crippen molar-refractivity contribution >= 4 is 30.7 Å². The van der Waals surface area contributed by atoms with Crippen LogP contribution in [0, 0.1) is 0 Å². The number of carbonyl (C=O) groups is 1. The molecule has 1 aliphatic rings. The lowest BCUT2D eigenvalue weighted by Gasteiger charge is -2.36. The molecule has 0 aliphatic carbocycles. The molecule has 0 atom stereocenters. The summed E-state index contributed by atoms with van der Waals surface area (Å²) >= 11 is 0. The van der Waals surface area contributed by atoms with Gasteiger partial charge in [-0.05, 0) is 56.3 Å². The second kappa shape index (κ2) is 11.8. The molecular formula is C22H28Cl2N6O. The zero-order valence-electron chi connectivity index (χ0n) is 17.5. The highest BCUT2D eigenvalue weighted by Gasteiger charge is 2.25. The highest BCUT2D eigenvalue weighted by molar-refractivity contribution is 5.94. The van der Waals surface area contributed by atoms with E-state index in [0.717, 1.165) is 55.8 Å². The van der Waals surface area contributed by atoms with Crippen LogP contribution < -0.4 is 0 Å². The average Bonchev–Trinajstić information content (AvgIpc) is 3.33. The van der Waals surface area contributed by atoms with E-state index in [9.17, 15) is 4.79 Å². The monoisotopic (exact) mass is 462 g/mol. The summed E-state index contributed by atoms with van der Waals surface area (Å²) < 4.78 is 1.68. The van der Waals surface area contributed by atoms with Crippen LogP contribution in [-0.4, -0.2) is 68.2 Å². The van der Waals surface area contributed by atoms with Crippen LogP contribution in [0.3, 0.4) is 0 Å². The van der Waals surface area contributed by atoms with E-state index in [0.29, 0.717) is 6.04 Å². The Labute approximate surface area is 195 Å². The molecule has 31 heavy (non-hydrogen) atoms. The van der Waals surface area contributed by atoms with Gasteiger partial charge in [0.2, 0.25) is 0 Å². The predicted molar refractivity (Wildman–Crippen MR) is 125 cm³/mol. The third-order valence-electron chi connectivity index (χ3n) is 5.62. The summed E-state index contributed by atoms with van der Waals surface area (Å²) in [5.41, 5.74) is 2.74. The first-order valence-corrected chi connectivity index (χ1v) is 10.1. The van der Waals surface area contributed by atoms with Crippen LogP contribution in [0.4, 0.5) is 0 Å². The van der Waals surface area contributed by atoms with Gasteiger partial charge in [-0.3, -0.25) is 9.78 Å². The molecule has 7 nitrogen and oxygen atoms in total. The lowest BCUT2D eigenvalue weighted by Crippen LogP contribution is -2.46. The number of piperidine rings is 1. The molecule has 1 amide bonds. The molecule has 0 radical (unpaired) electrons. The van der Waals surface area contributed by atoms with E-state index in [1.807, 2.05) is 47.5 Å². The number of halogens is 2. The summed E-state index contributed by atoms with van der Waals surface area (Å²) in [6.07, 6.45) is 7.94. The fraction of sp³-hybridized carbons (Fsp3) is 0.364. The van der Waals surface area contributed by atoms with Crippen molar-refractivity contribution in [3.63, 3.8) is 0 Å². The Hall–Kier alpha value is -2.48. The largest absolute Gasteiger partial charge is 0.339 e. The van der Waals surface area contributed by atoms with Crippen molar-refractivity contribution < 1.29 is 4.79 Å². The van der Waals surface area contributed by atoms with Gasteiger partial charge in [0, 0.05) is 49.6 Å². The van der Waals surface area contributed by atoms with Crippen molar-refractivity contribution in [1.82, 2.24) is 29.5 Å². The number of likely N-dealkylation sites (tertiary alicyclic amines) is 1. The topological polar surface area (TPSA) is 67.2 Å². The van der Waals surface area contributed by atoms with Crippen molar-refractivity contribution in [3.05, 3.63) is 72.6 Å². The van der Waals surface area contributed by atoms with Gasteiger partial charge in [0.15, 0.2) is 0 Å². The lowest BCUT2D eigenvalue weighted by atomic mass is 10.0. The second-order valence-corrected chi connectivity index (χ2v) is 7.46. The molecule has 166 valence electrons. The average molecular weight is 463 g/mol. The summed E-state index contributed by atoms with van der Waals surface area (Å²) in [5, 5.41) is 4.11. The number of hydrogen-bond donors (Lipinski definition) is 0. The maximum absolute atomic E-state index is 12.9. The number of benzene rings is 1. The summed E-state index contributed by atoms with van der Waals surface area (Å²) in [5.74, 6) is 0.102. The highest BCUT2D eigenvalue weighted by atomic mass is 35.5. The Morgan fingerprint density at radius 1 is 1.10 bits per heavy atom. The molecule has 1 saturated heterocycles. The Morgan fingerprint density at radius 2 is 1.84 bits per heavy atom. The summed E-state index contributed by atoms with van der Waals surface area (Å²) in [6, 6.07) is 14.1. The maximum Gasteiger partial charge on any atom is 0.253 e. The van der Waals surface area contributed by atoms with Crippen molar-refractivity contribution in [2.45, 2.75) is 25.3 Å². The van der Waals surface area contributed by atoms with Crippen molar-refractivity contribution in [2.24, 2.45) is 0 Å². The number of aromatic nitrogens is 4. The standard InChI is InChI=1S/C22H26N6O.2ClH/c1-26(13-9-19-4-2-3-12-24-19)20-10-14-27(15-11-20)22(29)18-5-7-21(8-6-18)28-17-23-16-25-28;;/h2-8,12,16-17,20H,9-11,13-15H2,1H3;2*1H. The molecule has 1 aromatic carbocycles. The molecule has 2 aromatic heterocycles. The van der Waals surface area contributed by atoms with Gasteiger partial charge in [-0.15, -0.1) is 24.8 Å². The van der Waals surface area contributed by atoms with E-state index in [1.165, 1.54) is 6.33 Å². The molecule has 0 saturated carbocycles. The first-order valence-electron chi connectivity index (χ1n) is 10.1. The molecule has 4 rings (SSSR count). The van der Waals surface area contributed by atoms with Crippen LogP contribution >= 0.6 is 24.8 Å². The van der Waals surface area contributed by atoms with E-state index < -0.39 is 0 Å². The molecule has 3 aromatic rings. The summed E-state index contributed by atoms with van der Waals surface area (Å²) in [7, 11) is 2.17. The van der Waals surface area contributed by atoms with Crippen LogP contribution in [0.1, 0.15) is 28.9 Å². The Balaban J connectivity index is 0.00000171. The Bertz CT molecular complexity index is 913. The van der Waals surface area contributed by atoms with Gasteiger partial charge in [0.1, 0.15) is 12.7 Å². The van der Waals surface area contributed by atoms with Crippen LogP contribution in [0.5, 0.6) is 0 Å². The molecule has 1 fully saturated rings. The molecule has 9 heteroatoms. The first-order chi connectivity index (χ1) is 14.2. The van der Waals surface area contributed by atoms with Crippen molar-refractivity contribution in [3.8, 4) is 5.69 Å². The molecule has 0 spiro atoms. The fourth-order valence-corrected chi connectivity index (χ4v) is 3.81. The van der Waals surface area contributed by atoms with Gasteiger partial charge in [0.05, 0.1) is 5.69 Å². The number of nitrogens with zero attached hydrogens (tertiary/aromatic N) is 6. The minimum atomic E-state index is 0. The number of hydrogen-bond acceptors (Lipinski definition) is 5. The number of rotatable bonds is 6. The smallest absolute Gasteiger partial charge is 0.253 e. The van der Waals surface area contributed by atoms with E-state index >= 15 is 0 Å². The molecule has 3 heterocycles. The van der Waals surface area contributed by atoms with Crippen LogP contribution in [0.25, 0.3) is 5.69 Å². The van der Waals surface area contributed by atoms with Gasteiger partial charge in [-0.1, -0.05) is 6.07 Å². The number of pyridine rings is 1. The van der Waals surface area contributed by atoms with E-state index in [1.54, 1.807) is 11.0 Å². The number of amides is 1. The third kappa shape index (κ3) is 6.26. The van der Waals surface area contributed by atoms with Crippen molar-refractivity contribution in [1.29, 1.82) is 0 Å². The van der Waals surface area contributed by atoms with Gasteiger partial charge in [-0.25, -0.2) is 9.67 Å². The number of carbonyl (C=O) groups excluding carboxylic acids is 1. The van der Waals surface area contributed by atoms with Gasteiger partial charge >= 0.3 is 0 Å². The quantitative estimate of drug-likeness (QED) is 0.562. The zero-order chi connectivity index (χ0) is 20.1. The van der Waals surface area contributed by atoms with Crippen LogP contribution in [0.15, 0.2) is 61.3 Å². The Kier molecular flexibility index (Phi) is 9.43. The van der Waals surface area contributed by atoms with Crippen LogP contribution in [0.2, 0.25) is 0 Å². The summed E-state index contributed by atoms with van der Waals surface area (Å²) in [6.45, 7) is 2.57. The molecule has 1 aliphatic heterocycles. The molecule has 0 N–H and O–H groups in total. The normalized spacial score (nSPS) is 14.1. The molecule has 0 bridgehead atoms. The predicted octanol–water partition coefficient (Wildman–Crippen LogP) is 3.29. The van der Waals surface area contributed by atoms with E-state index in [4.69, 9.17) is 0 Å². The van der Waals surface area contributed by atoms with Gasteiger partial charge in [0.25, 0.3) is 5.91 Å². The van der Waals surface area contributed by atoms with Crippen molar-refractivity contribution in [2.75, 3.05) is 26.7 Å². The third-order valence-corrected chi connectivity index (χ3v) is 5.62. The van der Waals surface area contributed by atoms with E-state index in [2.05, 4.69) is 33.1 Å². The minimum absolute atomic E-state index is 0. The van der Waals surface area contributed by atoms with E-state index in [-0.39, 0.29) is 30.7 Å². The molecule has 0 unspecified atom stereocenters. The fourth-order valence-electron chi connectivity index (χ4n) is 3.81. The highest BCUT2D eigenvalue weighted by Crippen LogP contribution is 2.19. The van der Waals surface area contributed by atoms with Gasteiger partial charge in [-0.2, -0.15) is 5.10 Å².